The lowest BCUT2D eigenvalue weighted by molar-refractivity contribution is 0.299. The fourth-order valence-corrected chi connectivity index (χ4v) is 6.64. The topological polar surface area (TPSA) is 84.7 Å². The summed E-state index contributed by atoms with van der Waals surface area (Å²) >= 11 is 1.22. The van der Waals surface area contributed by atoms with Crippen LogP contribution in [0.4, 0.5) is 5.69 Å². The highest BCUT2D eigenvalue weighted by atomic mass is 32.2. The van der Waals surface area contributed by atoms with E-state index in [4.69, 9.17) is 4.74 Å². The number of piperazine rings is 1. The number of aromatic nitrogens is 2. The summed E-state index contributed by atoms with van der Waals surface area (Å²) < 4.78 is 35.1. The van der Waals surface area contributed by atoms with Crippen LogP contribution in [0, 0.1) is 0 Å². The van der Waals surface area contributed by atoms with Crippen molar-refractivity contribution in [3.05, 3.63) is 76.5 Å². The van der Waals surface area contributed by atoms with Crippen molar-refractivity contribution < 1.29 is 13.2 Å². The Morgan fingerprint density at radius 2 is 1.81 bits per heavy atom. The predicted molar refractivity (Wildman–Crippen MR) is 144 cm³/mol. The third-order valence-electron chi connectivity index (χ3n) is 6.00. The molecular formula is C26H32N4O4S2. The van der Waals surface area contributed by atoms with Gasteiger partial charge in [-0.3, -0.25) is 4.79 Å². The van der Waals surface area contributed by atoms with Crippen molar-refractivity contribution in [1.29, 1.82) is 0 Å². The highest BCUT2D eigenvalue weighted by Gasteiger charge is 2.31. The number of para-hydroxylation sites is 1. The molecule has 3 aromatic rings. The van der Waals surface area contributed by atoms with Crippen molar-refractivity contribution in [2.75, 3.05) is 37.7 Å². The van der Waals surface area contributed by atoms with Crippen LogP contribution in [-0.4, -0.2) is 55.3 Å². The number of hydrogen-bond acceptors (Lipinski definition) is 7. The molecule has 1 saturated heterocycles. The molecule has 0 aliphatic carbocycles. The normalized spacial score (nSPS) is 15.0. The zero-order chi connectivity index (χ0) is 25.4. The molecule has 0 saturated carbocycles. The summed E-state index contributed by atoms with van der Waals surface area (Å²) in [5, 5.41) is 6.18. The molecule has 0 bridgehead atoms. The van der Waals surface area contributed by atoms with Crippen LogP contribution in [0.15, 0.2) is 75.2 Å². The third-order valence-corrected chi connectivity index (χ3v) is 9.27. The number of benzene rings is 1. The quantitative estimate of drug-likeness (QED) is 0.272. The SMILES string of the molecule is CCC=CCCCCOc1c(N2CCN(S(=O)(=O)c3cccs3)CC2)cnn(-c2ccccc2)c1=O. The summed E-state index contributed by atoms with van der Waals surface area (Å²) in [7, 11) is -3.51. The largest absolute Gasteiger partial charge is 0.486 e. The zero-order valence-electron chi connectivity index (χ0n) is 20.5. The molecule has 1 aliphatic heterocycles. The average Bonchev–Trinajstić information content (AvgIpc) is 3.46. The van der Waals surface area contributed by atoms with Crippen molar-refractivity contribution >= 4 is 27.0 Å². The van der Waals surface area contributed by atoms with E-state index in [9.17, 15) is 13.2 Å². The molecule has 8 nitrogen and oxygen atoms in total. The molecule has 10 heteroatoms. The number of allylic oxidation sites excluding steroid dienone is 2. The molecule has 192 valence electrons. The Morgan fingerprint density at radius 3 is 2.50 bits per heavy atom. The monoisotopic (exact) mass is 528 g/mol. The summed E-state index contributed by atoms with van der Waals surface area (Å²) in [5.41, 5.74) is 0.944. The molecule has 0 atom stereocenters. The molecular weight excluding hydrogens is 496 g/mol. The second-order valence-corrected chi connectivity index (χ2v) is 11.6. The van der Waals surface area contributed by atoms with Gasteiger partial charge in [0.25, 0.3) is 10.0 Å². The molecule has 0 spiro atoms. The van der Waals surface area contributed by atoms with E-state index in [1.807, 2.05) is 35.2 Å². The minimum Gasteiger partial charge on any atom is -0.486 e. The summed E-state index contributed by atoms with van der Waals surface area (Å²) in [4.78, 5) is 15.4. The van der Waals surface area contributed by atoms with Gasteiger partial charge in [0.05, 0.1) is 18.5 Å². The van der Waals surface area contributed by atoms with Gasteiger partial charge in [-0.25, -0.2) is 8.42 Å². The van der Waals surface area contributed by atoms with Crippen molar-refractivity contribution in [1.82, 2.24) is 14.1 Å². The molecule has 1 fully saturated rings. The lowest BCUT2D eigenvalue weighted by Crippen LogP contribution is -2.49. The summed E-state index contributed by atoms with van der Waals surface area (Å²) in [6.07, 6.45) is 9.78. The fourth-order valence-electron chi connectivity index (χ4n) is 4.07. The highest BCUT2D eigenvalue weighted by molar-refractivity contribution is 7.91. The van der Waals surface area contributed by atoms with E-state index in [-0.39, 0.29) is 11.3 Å². The van der Waals surface area contributed by atoms with Gasteiger partial charge in [-0.2, -0.15) is 14.1 Å². The van der Waals surface area contributed by atoms with Crippen LogP contribution >= 0.6 is 11.3 Å². The van der Waals surface area contributed by atoms with Gasteiger partial charge in [0.1, 0.15) is 9.90 Å². The predicted octanol–water partition coefficient (Wildman–Crippen LogP) is 4.32. The van der Waals surface area contributed by atoms with Crippen molar-refractivity contribution in [3.8, 4) is 11.4 Å². The smallest absolute Gasteiger partial charge is 0.316 e. The number of ether oxygens (including phenoxy) is 1. The number of rotatable bonds is 11. The standard InChI is InChI=1S/C26H32N4O4S2/c1-2-3-4-5-6-10-19-34-25-23(21-27-30(26(25)31)22-12-8-7-9-13-22)28-15-17-29(18-16-28)36(32,33)24-14-11-20-35-24/h3-4,7-9,11-14,20-21H,2,5-6,10,15-19H2,1H3. The molecule has 0 N–H and O–H groups in total. The molecule has 0 radical (unpaired) electrons. The van der Waals surface area contributed by atoms with E-state index >= 15 is 0 Å². The molecule has 4 rings (SSSR count). The minimum absolute atomic E-state index is 0.257. The van der Waals surface area contributed by atoms with Gasteiger partial charge in [-0.15, -0.1) is 11.3 Å². The third kappa shape index (κ3) is 6.05. The number of sulfonamides is 1. The molecule has 0 amide bonds. The Labute approximate surface area is 216 Å². The highest BCUT2D eigenvalue weighted by Crippen LogP contribution is 2.28. The Bertz CT molecular complexity index is 1300. The fraction of sp³-hybridized carbons (Fsp3) is 0.385. The van der Waals surface area contributed by atoms with Gasteiger partial charge in [0.2, 0.25) is 5.75 Å². The second kappa shape index (κ2) is 12.3. The molecule has 3 heterocycles. The number of unbranched alkanes of at least 4 members (excludes halogenated alkanes) is 2. The Balaban J connectivity index is 1.52. The molecule has 1 aromatic carbocycles. The number of anilines is 1. The molecule has 2 aromatic heterocycles. The number of hydrogen-bond donors (Lipinski definition) is 0. The van der Waals surface area contributed by atoms with Crippen LogP contribution in [0.5, 0.6) is 5.75 Å². The first-order chi connectivity index (χ1) is 17.5. The van der Waals surface area contributed by atoms with E-state index in [2.05, 4.69) is 24.2 Å². The van der Waals surface area contributed by atoms with Crippen LogP contribution < -0.4 is 15.2 Å². The van der Waals surface area contributed by atoms with Gasteiger partial charge in [-0.1, -0.05) is 43.3 Å². The Hall–Kier alpha value is -2.95. The van der Waals surface area contributed by atoms with E-state index < -0.39 is 10.0 Å². The van der Waals surface area contributed by atoms with Crippen LogP contribution in [0.3, 0.4) is 0 Å². The lowest BCUT2D eigenvalue weighted by Gasteiger charge is -2.35. The van der Waals surface area contributed by atoms with Gasteiger partial charge >= 0.3 is 5.56 Å². The van der Waals surface area contributed by atoms with Crippen molar-refractivity contribution in [2.45, 2.75) is 36.8 Å². The maximum atomic E-state index is 13.4. The average molecular weight is 529 g/mol. The maximum Gasteiger partial charge on any atom is 0.316 e. The van der Waals surface area contributed by atoms with Crippen LogP contribution in [0.1, 0.15) is 32.6 Å². The first-order valence-electron chi connectivity index (χ1n) is 12.3. The van der Waals surface area contributed by atoms with E-state index in [0.29, 0.717) is 48.4 Å². The Kier molecular flexibility index (Phi) is 8.95. The van der Waals surface area contributed by atoms with Gasteiger partial charge in [0.15, 0.2) is 0 Å². The Morgan fingerprint density at radius 1 is 1.03 bits per heavy atom. The van der Waals surface area contributed by atoms with Crippen molar-refractivity contribution in [3.63, 3.8) is 0 Å². The first kappa shape index (κ1) is 26.1. The minimum atomic E-state index is -3.51. The summed E-state index contributed by atoms with van der Waals surface area (Å²) in [5.74, 6) is 0.257. The summed E-state index contributed by atoms with van der Waals surface area (Å²) in [6.45, 7) is 4.07. The maximum absolute atomic E-state index is 13.4. The van der Waals surface area contributed by atoms with E-state index in [1.165, 1.54) is 20.3 Å². The zero-order valence-corrected chi connectivity index (χ0v) is 22.1. The van der Waals surface area contributed by atoms with E-state index in [0.717, 1.165) is 25.7 Å². The van der Waals surface area contributed by atoms with Gasteiger partial charge < -0.3 is 9.64 Å². The second-order valence-electron chi connectivity index (χ2n) is 8.46. The van der Waals surface area contributed by atoms with E-state index in [1.54, 1.807) is 23.7 Å². The van der Waals surface area contributed by atoms with Crippen LogP contribution in [-0.2, 0) is 10.0 Å². The molecule has 0 unspecified atom stereocenters. The molecule has 36 heavy (non-hydrogen) atoms. The van der Waals surface area contributed by atoms with Crippen molar-refractivity contribution in [2.24, 2.45) is 0 Å². The van der Waals surface area contributed by atoms with Gasteiger partial charge in [-0.05, 0) is 49.3 Å². The first-order valence-corrected chi connectivity index (χ1v) is 14.6. The molecule has 1 aliphatic rings. The van der Waals surface area contributed by atoms with Crippen LogP contribution in [0.2, 0.25) is 0 Å². The lowest BCUT2D eigenvalue weighted by atomic mass is 10.2. The summed E-state index contributed by atoms with van der Waals surface area (Å²) in [6, 6.07) is 12.6. The van der Waals surface area contributed by atoms with Crippen LogP contribution in [0.25, 0.3) is 5.69 Å². The number of thiophene rings is 1. The number of nitrogens with zero attached hydrogens (tertiary/aromatic N) is 4. The van der Waals surface area contributed by atoms with Gasteiger partial charge in [0, 0.05) is 26.2 Å².